The van der Waals surface area contributed by atoms with Gasteiger partial charge in [-0.3, -0.25) is 14.5 Å². The Morgan fingerprint density at radius 1 is 1.16 bits per heavy atom. The molecule has 0 spiro atoms. The molecular weight excluding hydrogens is 365 g/mol. The van der Waals surface area contributed by atoms with Gasteiger partial charge in [0.2, 0.25) is 11.8 Å². The molecule has 5 nitrogen and oxygen atoms in total. The minimum atomic E-state index is -0.923. The van der Waals surface area contributed by atoms with Crippen molar-refractivity contribution in [2.24, 2.45) is 11.8 Å². The highest BCUT2D eigenvalue weighted by molar-refractivity contribution is 6.42. The fourth-order valence-electron chi connectivity index (χ4n) is 3.58. The summed E-state index contributed by atoms with van der Waals surface area (Å²) in [5.41, 5.74) is 0.683. The second-order valence-electron chi connectivity index (χ2n) is 6.58. The van der Waals surface area contributed by atoms with E-state index in [4.69, 9.17) is 27.9 Å². The van der Waals surface area contributed by atoms with Gasteiger partial charge in [0.25, 0.3) is 0 Å². The molecule has 1 saturated heterocycles. The summed E-state index contributed by atoms with van der Waals surface area (Å²) in [5.74, 6) is -1.63. The molecule has 0 N–H and O–H groups in total. The van der Waals surface area contributed by atoms with Crippen LogP contribution in [0.25, 0.3) is 0 Å². The van der Waals surface area contributed by atoms with Crippen molar-refractivity contribution in [2.75, 3.05) is 0 Å². The van der Waals surface area contributed by atoms with Crippen LogP contribution in [0.2, 0.25) is 10.0 Å². The van der Waals surface area contributed by atoms with Gasteiger partial charge in [-0.25, -0.2) is 4.79 Å². The van der Waals surface area contributed by atoms with Crippen LogP contribution in [0, 0.1) is 11.8 Å². The monoisotopic (exact) mass is 383 g/mol. The van der Waals surface area contributed by atoms with Crippen LogP contribution < -0.4 is 0 Å². The van der Waals surface area contributed by atoms with Crippen LogP contribution in [0.5, 0.6) is 0 Å². The molecule has 1 aromatic carbocycles. The SMILES string of the molecule is C[C@@H](C(=O)OCc1ccc(Cl)c(Cl)c1)N1C(=O)[C@H]2CCCC[C@@H]2C1=O. The van der Waals surface area contributed by atoms with Crippen molar-refractivity contribution in [2.45, 2.75) is 45.3 Å². The molecule has 3 atom stereocenters. The zero-order valence-electron chi connectivity index (χ0n) is 13.8. The van der Waals surface area contributed by atoms with E-state index in [1.165, 1.54) is 6.92 Å². The molecule has 1 aromatic rings. The number of halogens is 2. The largest absolute Gasteiger partial charge is 0.459 e. The predicted molar refractivity (Wildman–Crippen MR) is 93.0 cm³/mol. The van der Waals surface area contributed by atoms with Gasteiger partial charge in [-0.1, -0.05) is 42.1 Å². The lowest BCUT2D eigenvalue weighted by Crippen LogP contribution is -2.44. The van der Waals surface area contributed by atoms with Crippen LogP contribution in [0.3, 0.4) is 0 Å². The minimum Gasteiger partial charge on any atom is -0.459 e. The molecular formula is C18H19Cl2NO4. The lowest BCUT2D eigenvalue weighted by molar-refractivity contribution is -0.159. The van der Waals surface area contributed by atoms with Crippen molar-refractivity contribution in [3.8, 4) is 0 Å². The smallest absolute Gasteiger partial charge is 0.329 e. The molecule has 0 aromatic heterocycles. The van der Waals surface area contributed by atoms with E-state index >= 15 is 0 Å². The van der Waals surface area contributed by atoms with E-state index in [2.05, 4.69) is 0 Å². The second kappa shape index (κ2) is 7.34. The normalized spacial score (nSPS) is 24.2. The number of benzene rings is 1. The molecule has 0 unspecified atom stereocenters. The number of carbonyl (C=O) groups excluding carboxylic acids is 3. The number of hydrogen-bond donors (Lipinski definition) is 0. The summed E-state index contributed by atoms with van der Waals surface area (Å²) < 4.78 is 5.26. The third kappa shape index (κ3) is 3.53. The molecule has 2 aliphatic rings. The highest BCUT2D eigenvalue weighted by atomic mass is 35.5. The van der Waals surface area contributed by atoms with E-state index in [-0.39, 0.29) is 30.3 Å². The van der Waals surface area contributed by atoms with Gasteiger partial charge in [0.15, 0.2) is 0 Å². The number of carbonyl (C=O) groups is 3. The van der Waals surface area contributed by atoms with E-state index in [9.17, 15) is 14.4 Å². The number of nitrogens with zero attached hydrogens (tertiary/aromatic N) is 1. The highest BCUT2D eigenvalue weighted by Crippen LogP contribution is 2.39. The standard InChI is InChI=1S/C18H19Cl2NO4/c1-10(18(24)25-9-11-6-7-14(19)15(20)8-11)21-16(22)12-4-2-3-5-13(12)17(21)23/h6-8,10,12-13H,2-5,9H2,1H3/t10-,12-,13-/m0/s1. The lowest BCUT2D eigenvalue weighted by atomic mass is 9.81. The average molecular weight is 384 g/mol. The van der Waals surface area contributed by atoms with Crippen molar-refractivity contribution >= 4 is 41.0 Å². The van der Waals surface area contributed by atoms with Crippen molar-refractivity contribution in [1.82, 2.24) is 4.90 Å². The predicted octanol–water partition coefficient (Wildman–Crippen LogP) is 3.60. The summed E-state index contributed by atoms with van der Waals surface area (Å²) >= 11 is 11.8. The van der Waals surface area contributed by atoms with Crippen LogP contribution in [0.1, 0.15) is 38.2 Å². The van der Waals surface area contributed by atoms with Gasteiger partial charge < -0.3 is 4.74 Å². The van der Waals surface area contributed by atoms with Crippen LogP contribution in [-0.2, 0) is 25.7 Å². The summed E-state index contributed by atoms with van der Waals surface area (Å²) in [4.78, 5) is 38.5. The molecule has 1 aliphatic heterocycles. The summed E-state index contributed by atoms with van der Waals surface area (Å²) in [5, 5.41) is 0.790. The molecule has 2 fully saturated rings. The molecule has 1 heterocycles. The number of hydrogen-bond acceptors (Lipinski definition) is 4. The molecule has 1 saturated carbocycles. The van der Waals surface area contributed by atoms with Crippen molar-refractivity contribution in [3.05, 3.63) is 33.8 Å². The number of amides is 2. The first-order valence-electron chi connectivity index (χ1n) is 8.37. The van der Waals surface area contributed by atoms with E-state index in [0.717, 1.165) is 30.6 Å². The molecule has 7 heteroatoms. The summed E-state index contributed by atoms with van der Waals surface area (Å²) in [6.45, 7) is 1.54. The summed E-state index contributed by atoms with van der Waals surface area (Å²) in [6, 6.07) is 4.01. The maximum absolute atomic E-state index is 12.5. The van der Waals surface area contributed by atoms with E-state index in [1.807, 2.05) is 0 Å². The molecule has 134 valence electrons. The first kappa shape index (κ1) is 18.2. The summed E-state index contributed by atoms with van der Waals surface area (Å²) in [7, 11) is 0. The third-order valence-electron chi connectivity index (χ3n) is 4.97. The maximum Gasteiger partial charge on any atom is 0.329 e. The molecule has 0 bridgehead atoms. The Morgan fingerprint density at radius 2 is 1.76 bits per heavy atom. The Kier molecular flexibility index (Phi) is 5.35. The average Bonchev–Trinajstić information content (AvgIpc) is 2.86. The summed E-state index contributed by atoms with van der Waals surface area (Å²) in [6.07, 6.45) is 3.34. The molecule has 1 aliphatic carbocycles. The Labute approximate surface area is 156 Å². The second-order valence-corrected chi connectivity index (χ2v) is 7.39. The minimum absolute atomic E-state index is 0.00312. The van der Waals surface area contributed by atoms with Crippen molar-refractivity contribution < 1.29 is 19.1 Å². The van der Waals surface area contributed by atoms with E-state index in [0.29, 0.717) is 15.6 Å². The lowest BCUT2D eigenvalue weighted by Gasteiger charge is -2.21. The van der Waals surface area contributed by atoms with Gasteiger partial charge in [0.1, 0.15) is 12.6 Å². The molecule has 3 rings (SSSR count). The highest BCUT2D eigenvalue weighted by Gasteiger charge is 2.51. The van der Waals surface area contributed by atoms with Gasteiger partial charge in [0.05, 0.1) is 21.9 Å². The fourth-order valence-corrected chi connectivity index (χ4v) is 3.90. The number of likely N-dealkylation sites (tertiary alicyclic amines) is 1. The number of esters is 1. The Hall–Kier alpha value is -1.59. The van der Waals surface area contributed by atoms with Crippen LogP contribution in [0.15, 0.2) is 18.2 Å². The van der Waals surface area contributed by atoms with Crippen LogP contribution in [0.4, 0.5) is 0 Å². The Morgan fingerprint density at radius 3 is 2.32 bits per heavy atom. The quantitative estimate of drug-likeness (QED) is 0.588. The Bertz CT molecular complexity index is 697. The zero-order valence-corrected chi connectivity index (χ0v) is 15.3. The van der Waals surface area contributed by atoms with Gasteiger partial charge in [-0.15, -0.1) is 0 Å². The van der Waals surface area contributed by atoms with Gasteiger partial charge >= 0.3 is 5.97 Å². The molecule has 2 amide bonds. The number of ether oxygens (including phenoxy) is 1. The van der Waals surface area contributed by atoms with Crippen LogP contribution in [-0.4, -0.2) is 28.7 Å². The number of imide groups is 1. The maximum atomic E-state index is 12.5. The topological polar surface area (TPSA) is 63.7 Å². The van der Waals surface area contributed by atoms with Crippen molar-refractivity contribution in [1.29, 1.82) is 0 Å². The van der Waals surface area contributed by atoms with Crippen molar-refractivity contribution in [3.63, 3.8) is 0 Å². The van der Waals surface area contributed by atoms with Gasteiger partial charge in [-0.2, -0.15) is 0 Å². The van der Waals surface area contributed by atoms with Gasteiger partial charge in [0, 0.05) is 0 Å². The zero-order chi connectivity index (χ0) is 18.1. The molecule has 25 heavy (non-hydrogen) atoms. The van der Waals surface area contributed by atoms with Gasteiger partial charge in [-0.05, 0) is 37.5 Å². The third-order valence-corrected chi connectivity index (χ3v) is 5.71. The van der Waals surface area contributed by atoms with Crippen LogP contribution >= 0.6 is 23.2 Å². The fraction of sp³-hybridized carbons (Fsp3) is 0.500. The first-order chi connectivity index (χ1) is 11.9. The number of fused-ring (bicyclic) bond motifs is 1. The van der Waals surface area contributed by atoms with E-state index in [1.54, 1.807) is 18.2 Å². The Balaban J connectivity index is 1.64. The molecule has 0 radical (unpaired) electrons. The van der Waals surface area contributed by atoms with E-state index < -0.39 is 12.0 Å². The number of rotatable bonds is 4. The first-order valence-corrected chi connectivity index (χ1v) is 9.13.